The lowest BCUT2D eigenvalue weighted by molar-refractivity contribution is -0.121. The molecule has 2 heterocycles. The third-order valence-corrected chi connectivity index (χ3v) is 5.33. The van der Waals surface area contributed by atoms with Crippen LogP contribution in [0.4, 0.5) is 0 Å². The van der Waals surface area contributed by atoms with Crippen molar-refractivity contribution < 1.29 is 17.6 Å². The van der Waals surface area contributed by atoms with E-state index in [4.69, 9.17) is 4.42 Å². The van der Waals surface area contributed by atoms with Gasteiger partial charge in [0.05, 0.1) is 11.2 Å². The number of amides is 1. The van der Waals surface area contributed by atoms with Gasteiger partial charge < -0.3 is 9.73 Å². The molecule has 1 amide bonds. The molecule has 0 saturated heterocycles. The highest BCUT2D eigenvalue weighted by Crippen LogP contribution is 2.17. The number of benzene rings is 1. The minimum Gasteiger partial charge on any atom is -0.467 e. The molecule has 7 nitrogen and oxygen atoms in total. The largest absolute Gasteiger partial charge is 0.467 e. The predicted octanol–water partition coefficient (Wildman–Crippen LogP) is 2.22. The number of furan rings is 1. The van der Waals surface area contributed by atoms with Gasteiger partial charge in [-0.15, -0.1) is 0 Å². The molecule has 142 valence electrons. The molecule has 3 rings (SSSR count). The SMILES string of the molecule is CS(=O)(=O)c1ccc(CCC(=O)NC[C@H](c2ccco2)n2cccn2)cc1. The molecule has 8 heteroatoms. The molecule has 3 aromatic rings. The number of carbonyl (C=O) groups is 1. The molecule has 1 aromatic carbocycles. The summed E-state index contributed by atoms with van der Waals surface area (Å²) in [5.41, 5.74) is 0.909. The summed E-state index contributed by atoms with van der Waals surface area (Å²) in [6, 6.07) is 11.8. The fourth-order valence-electron chi connectivity index (χ4n) is 2.73. The first-order valence-corrected chi connectivity index (χ1v) is 10.4. The summed E-state index contributed by atoms with van der Waals surface area (Å²) in [6.07, 6.45) is 7.10. The average molecular weight is 387 g/mol. The molecule has 0 unspecified atom stereocenters. The number of nitrogens with zero attached hydrogens (tertiary/aromatic N) is 2. The van der Waals surface area contributed by atoms with Crippen molar-refractivity contribution in [2.45, 2.75) is 23.8 Å². The van der Waals surface area contributed by atoms with Crippen LogP contribution in [0.2, 0.25) is 0 Å². The van der Waals surface area contributed by atoms with Crippen molar-refractivity contribution >= 4 is 15.7 Å². The van der Waals surface area contributed by atoms with Crippen LogP contribution in [0.25, 0.3) is 0 Å². The molecule has 0 spiro atoms. The second-order valence-corrected chi connectivity index (χ2v) is 8.25. The van der Waals surface area contributed by atoms with Crippen molar-refractivity contribution in [2.75, 3.05) is 12.8 Å². The van der Waals surface area contributed by atoms with E-state index in [0.29, 0.717) is 19.4 Å². The topological polar surface area (TPSA) is 94.2 Å². The lowest BCUT2D eigenvalue weighted by Crippen LogP contribution is -2.31. The molecular formula is C19H21N3O4S. The molecular weight excluding hydrogens is 366 g/mol. The van der Waals surface area contributed by atoms with E-state index < -0.39 is 9.84 Å². The van der Waals surface area contributed by atoms with Gasteiger partial charge in [0.25, 0.3) is 0 Å². The zero-order valence-electron chi connectivity index (χ0n) is 14.9. The molecule has 1 atom stereocenters. The second-order valence-electron chi connectivity index (χ2n) is 6.24. The third-order valence-electron chi connectivity index (χ3n) is 4.20. The van der Waals surface area contributed by atoms with Crippen molar-refractivity contribution in [2.24, 2.45) is 0 Å². The number of carbonyl (C=O) groups excluding carboxylic acids is 1. The fourth-order valence-corrected chi connectivity index (χ4v) is 3.36. The predicted molar refractivity (Wildman–Crippen MR) is 100.0 cm³/mol. The number of rotatable bonds is 8. The Morgan fingerprint density at radius 2 is 2.00 bits per heavy atom. The van der Waals surface area contributed by atoms with E-state index in [-0.39, 0.29) is 16.8 Å². The molecule has 0 radical (unpaired) electrons. The van der Waals surface area contributed by atoms with E-state index >= 15 is 0 Å². The Labute approximate surface area is 157 Å². The highest BCUT2D eigenvalue weighted by molar-refractivity contribution is 7.90. The Kier molecular flexibility index (Phi) is 5.75. The van der Waals surface area contributed by atoms with Gasteiger partial charge in [0.1, 0.15) is 11.8 Å². The summed E-state index contributed by atoms with van der Waals surface area (Å²) >= 11 is 0. The Hall–Kier alpha value is -2.87. The summed E-state index contributed by atoms with van der Waals surface area (Å²) in [4.78, 5) is 12.5. The maximum atomic E-state index is 12.2. The Balaban J connectivity index is 1.54. The van der Waals surface area contributed by atoms with Crippen LogP contribution in [-0.4, -0.2) is 36.9 Å². The first-order chi connectivity index (χ1) is 12.9. The van der Waals surface area contributed by atoms with Crippen LogP contribution in [0, 0.1) is 0 Å². The van der Waals surface area contributed by atoms with Crippen molar-refractivity contribution in [1.29, 1.82) is 0 Å². The Bertz CT molecular complexity index is 928. The third kappa shape index (κ3) is 5.07. The van der Waals surface area contributed by atoms with Crippen molar-refractivity contribution in [3.63, 3.8) is 0 Å². The summed E-state index contributed by atoms with van der Waals surface area (Å²) in [5.74, 6) is 0.626. The number of hydrogen-bond acceptors (Lipinski definition) is 5. The second kappa shape index (κ2) is 8.22. The summed E-state index contributed by atoms with van der Waals surface area (Å²) < 4.78 is 30.1. The van der Waals surface area contributed by atoms with Gasteiger partial charge in [0.2, 0.25) is 5.91 Å². The minimum atomic E-state index is -3.21. The van der Waals surface area contributed by atoms with Crippen molar-refractivity contribution in [3.05, 3.63) is 72.4 Å². The van der Waals surface area contributed by atoms with Crippen LogP contribution < -0.4 is 5.32 Å². The van der Waals surface area contributed by atoms with Gasteiger partial charge in [0.15, 0.2) is 9.84 Å². The van der Waals surface area contributed by atoms with Crippen LogP contribution >= 0.6 is 0 Å². The van der Waals surface area contributed by atoms with Gasteiger partial charge in [-0.05, 0) is 42.3 Å². The van der Waals surface area contributed by atoms with E-state index in [0.717, 1.165) is 11.3 Å². The lowest BCUT2D eigenvalue weighted by atomic mass is 10.1. The number of aromatic nitrogens is 2. The quantitative estimate of drug-likeness (QED) is 0.640. The normalized spacial score (nSPS) is 12.6. The highest BCUT2D eigenvalue weighted by Gasteiger charge is 2.18. The van der Waals surface area contributed by atoms with Gasteiger partial charge in [-0.25, -0.2) is 8.42 Å². The van der Waals surface area contributed by atoms with Crippen LogP contribution in [0.15, 0.2) is 70.4 Å². The minimum absolute atomic E-state index is 0.0918. The number of nitrogens with one attached hydrogen (secondary N) is 1. The van der Waals surface area contributed by atoms with Crippen LogP contribution in [0.1, 0.15) is 23.8 Å². The summed E-state index contributed by atoms with van der Waals surface area (Å²) in [6.45, 7) is 0.362. The van der Waals surface area contributed by atoms with Crippen LogP contribution in [0.3, 0.4) is 0 Å². The molecule has 0 bridgehead atoms. The van der Waals surface area contributed by atoms with E-state index in [1.54, 1.807) is 47.5 Å². The highest BCUT2D eigenvalue weighted by atomic mass is 32.2. The molecule has 1 N–H and O–H groups in total. The molecule has 0 aliphatic heterocycles. The molecule has 0 fully saturated rings. The summed E-state index contributed by atoms with van der Waals surface area (Å²) in [7, 11) is -3.21. The smallest absolute Gasteiger partial charge is 0.220 e. The molecule has 2 aromatic heterocycles. The van der Waals surface area contributed by atoms with Gasteiger partial charge in [-0.2, -0.15) is 5.10 Å². The number of aryl methyl sites for hydroxylation is 1. The van der Waals surface area contributed by atoms with E-state index in [1.165, 1.54) is 6.26 Å². The maximum absolute atomic E-state index is 12.2. The lowest BCUT2D eigenvalue weighted by Gasteiger charge is -2.16. The van der Waals surface area contributed by atoms with Crippen LogP contribution in [0.5, 0.6) is 0 Å². The molecule has 0 saturated carbocycles. The Morgan fingerprint density at radius 1 is 1.22 bits per heavy atom. The molecule has 0 aliphatic rings. The standard InChI is InChI=1S/C19H21N3O4S/c1-27(24,25)16-8-5-15(6-9-16)7-10-19(23)20-14-17(18-4-2-13-26-18)22-12-3-11-21-22/h2-6,8-9,11-13,17H,7,10,14H2,1H3,(H,20,23)/t17-/m1/s1. The van der Waals surface area contributed by atoms with Gasteiger partial charge in [-0.1, -0.05) is 12.1 Å². The Morgan fingerprint density at radius 3 is 2.59 bits per heavy atom. The monoisotopic (exact) mass is 387 g/mol. The summed E-state index contributed by atoms with van der Waals surface area (Å²) in [5, 5.41) is 7.14. The molecule has 0 aliphatic carbocycles. The number of sulfone groups is 1. The maximum Gasteiger partial charge on any atom is 0.220 e. The average Bonchev–Trinajstić information content (AvgIpc) is 3.34. The van der Waals surface area contributed by atoms with Crippen LogP contribution in [-0.2, 0) is 21.1 Å². The first kappa shape index (κ1) is 18.9. The van der Waals surface area contributed by atoms with Crippen molar-refractivity contribution in [1.82, 2.24) is 15.1 Å². The van der Waals surface area contributed by atoms with E-state index in [9.17, 15) is 13.2 Å². The first-order valence-electron chi connectivity index (χ1n) is 8.52. The van der Waals surface area contributed by atoms with E-state index in [1.807, 2.05) is 18.3 Å². The van der Waals surface area contributed by atoms with Crippen molar-refractivity contribution in [3.8, 4) is 0 Å². The van der Waals surface area contributed by atoms with E-state index in [2.05, 4.69) is 10.4 Å². The molecule has 27 heavy (non-hydrogen) atoms. The van der Waals surface area contributed by atoms with Gasteiger partial charge in [-0.3, -0.25) is 9.48 Å². The fraction of sp³-hybridized carbons (Fsp3) is 0.263. The van der Waals surface area contributed by atoms with Gasteiger partial charge >= 0.3 is 0 Å². The zero-order chi connectivity index (χ0) is 19.3. The zero-order valence-corrected chi connectivity index (χ0v) is 15.7. The number of hydrogen-bond donors (Lipinski definition) is 1. The van der Waals surface area contributed by atoms with Gasteiger partial charge in [0, 0.05) is 31.6 Å².